The summed E-state index contributed by atoms with van der Waals surface area (Å²) < 4.78 is 11.3. The number of anilines is 1. The lowest BCUT2D eigenvalue weighted by atomic mass is 10.0. The molecule has 132 valence electrons. The predicted octanol–water partition coefficient (Wildman–Crippen LogP) is 5.00. The van der Waals surface area contributed by atoms with Crippen LogP contribution in [0.1, 0.15) is 47.1 Å². The zero-order valence-electron chi connectivity index (χ0n) is 15.2. The molecule has 3 aromatic rings. The number of nitrogens with one attached hydrogen (secondary N) is 1. The number of nitrogens with zero attached hydrogens (tertiary/aromatic N) is 1. The molecule has 1 aromatic heterocycles. The zero-order chi connectivity index (χ0) is 18.8. The minimum absolute atomic E-state index is 0.0443. The summed E-state index contributed by atoms with van der Waals surface area (Å²) in [5.74, 6) is 1.51. The summed E-state index contributed by atoms with van der Waals surface area (Å²) in [6.45, 7) is 5.46. The predicted molar refractivity (Wildman–Crippen MR) is 101 cm³/mol. The maximum atomic E-state index is 11.6. The van der Waals surface area contributed by atoms with E-state index in [4.69, 9.17) is 9.15 Å². The third kappa shape index (κ3) is 3.14. The smallest absolute Gasteiger partial charge is 0.159 e. The van der Waals surface area contributed by atoms with Gasteiger partial charge in [0.1, 0.15) is 23.2 Å². The molecule has 0 radical (unpaired) electrons. The minimum Gasteiger partial charge on any atom is -0.497 e. The van der Waals surface area contributed by atoms with E-state index in [0.29, 0.717) is 16.8 Å². The quantitative estimate of drug-likeness (QED) is 0.657. The van der Waals surface area contributed by atoms with E-state index < -0.39 is 0 Å². The Morgan fingerprint density at radius 3 is 2.69 bits per heavy atom. The number of ether oxygens (including phenoxy) is 1. The van der Waals surface area contributed by atoms with E-state index in [1.807, 2.05) is 32.0 Å². The second-order valence-electron chi connectivity index (χ2n) is 6.25. The molecule has 0 saturated heterocycles. The minimum atomic E-state index is -0.178. The Kier molecular flexibility index (Phi) is 4.68. The van der Waals surface area contributed by atoms with Gasteiger partial charge in [0.15, 0.2) is 5.78 Å². The molecule has 1 N–H and O–H groups in total. The number of benzene rings is 2. The van der Waals surface area contributed by atoms with E-state index >= 15 is 0 Å². The Hall–Kier alpha value is -3.26. The van der Waals surface area contributed by atoms with E-state index in [1.54, 1.807) is 25.3 Å². The first-order valence-electron chi connectivity index (χ1n) is 8.33. The highest BCUT2D eigenvalue weighted by molar-refractivity contribution is 5.95. The number of hydrogen-bond donors (Lipinski definition) is 1. The molecule has 1 unspecified atom stereocenters. The first-order chi connectivity index (χ1) is 12.4. The van der Waals surface area contributed by atoms with Gasteiger partial charge >= 0.3 is 0 Å². The van der Waals surface area contributed by atoms with Gasteiger partial charge in [-0.05, 0) is 57.2 Å². The first kappa shape index (κ1) is 17.6. The molecular formula is C21H20N2O3. The van der Waals surface area contributed by atoms with Crippen LogP contribution in [-0.4, -0.2) is 12.9 Å². The van der Waals surface area contributed by atoms with Crippen LogP contribution in [0.4, 0.5) is 5.69 Å². The summed E-state index contributed by atoms with van der Waals surface area (Å²) in [6.07, 6.45) is 0. The molecule has 0 aliphatic heterocycles. The summed E-state index contributed by atoms with van der Waals surface area (Å²) in [5.41, 5.74) is 3.46. The van der Waals surface area contributed by atoms with Crippen LogP contribution in [0, 0.1) is 18.3 Å². The largest absolute Gasteiger partial charge is 0.497 e. The Bertz CT molecular complexity index is 1030. The number of methoxy groups -OCH3 is 1. The SMILES string of the molecule is COc1ccc2oc(C(C)Nc3cc(C(C)=O)ccc3C#N)c(C)c2c1. The number of Topliss-reactive ketones (excluding diaryl/α,β-unsaturated/α-hetero) is 1. The topological polar surface area (TPSA) is 75.3 Å². The molecule has 1 atom stereocenters. The van der Waals surface area contributed by atoms with E-state index in [-0.39, 0.29) is 11.8 Å². The molecular weight excluding hydrogens is 328 g/mol. The van der Waals surface area contributed by atoms with Gasteiger partial charge < -0.3 is 14.5 Å². The lowest BCUT2D eigenvalue weighted by Gasteiger charge is -2.16. The van der Waals surface area contributed by atoms with Gasteiger partial charge in [-0.25, -0.2) is 0 Å². The molecule has 0 aliphatic rings. The summed E-state index contributed by atoms with van der Waals surface area (Å²) in [7, 11) is 1.63. The van der Waals surface area contributed by atoms with Gasteiger partial charge in [0.05, 0.1) is 24.4 Å². The van der Waals surface area contributed by atoms with Crippen LogP contribution in [-0.2, 0) is 0 Å². The molecule has 2 aromatic carbocycles. The van der Waals surface area contributed by atoms with Crippen molar-refractivity contribution in [1.29, 1.82) is 5.26 Å². The van der Waals surface area contributed by atoms with Crippen molar-refractivity contribution < 1.29 is 13.9 Å². The monoisotopic (exact) mass is 348 g/mol. The lowest BCUT2D eigenvalue weighted by molar-refractivity contribution is 0.101. The maximum absolute atomic E-state index is 11.6. The summed E-state index contributed by atoms with van der Waals surface area (Å²) in [6, 6.07) is 12.7. The fourth-order valence-electron chi connectivity index (χ4n) is 3.04. The Morgan fingerprint density at radius 1 is 1.27 bits per heavy atom. The highest BCUT2D eigenvalue weighted by Crippen LogP contribution is 2.33. The second kappa shape index (κ2) is 6.93. The zero-order valence-corrected chi connectivity index (χ0v) is 15.2. The third-order valence-electron chi connectivity index (χ3n) is 4.49. The van der Waals surface area contributed by atoms with Crippen LogP contribution in [0.3, 0.4) is 0 Å². The second-order valence-corrected chi connectivity index (χ2v) is 6.25. The van der Waals surface area contributed by atoms with Gasteiger partial charge in [0.25, 0.3) is 0 Å². The number of carbonyl (C=O) groups excluding carboxylic acids is 1. The van der Waals surface area contributed by atoms with Crippen molar-refractivity contribution in [3.05, 3.63) is 58.8 Å². The fourth-order valence-corrected chi connectivity index (χ4v) is 3.04. The van der Waals surface area contributed by atoms with E-state index in [1.165, 1.54) is 6.92 Å². The number of furan rings is 1. The molecule has 0 bridgehead atoms. The van der Waals surface area contributed by atoms with E-state index in [0.717, 1.165) is 28.0 Å². The highest BCUT2D eigenvalue weighted by atomic mass is 16.5. The number of nitriles is 1. The summed E-state index contributed by atoms with van der Waals surface area (Å²) in [4.78, 5) is 11.6. The highest BCUT2D eigenvalue weighted by Gasteiger charge is 2.18. The maximum Gasteiger partial charge on any atom is 0.159 e. The number of ketones is 1. The molecule has 0 fully saturated rings. The Morgan fingerprint density at radius 2 is 2.04 bits per heavy atom. The molecule has 3 rings (SSSR count). The van der Waals surface area contributed by atoms with Crippen LogP contribution in [0.15, 0.2) is 40.8 Å². The lowest BCUT2D eigenvalue weighted by Crippen LogP contribution is -2.09. The van der Waals surface area contributed by atoms with E-state index in [2.05, 4.69) is 11.4 Å². The molecule has 0 spiro atoms. The standard InChI is InChI=1S/C21H20N2O3/c1-12-18-10-17(25-4)7-8-20(18)26-21(12)13(2)23-19-9-15(14(3)24)5-6-16(19)11-22/h5-10,13,23H,1-4H3. The molecule has 5 nitrogen and oxygen atoms in total. The number of hydrogen-bond acceptors (Lipinski definition) is 5. The summed E-state index contributed by atoms with van der Waals surface area (Å²) in [5, 5.41) is 13.6. The molecule has 0 aliphatic carbocycles. The van der Waals surface area contributed by atoms with Gasteiger partial charge in [0, 0.05) is 16.5 Å². The Balaban J connectivity index is 1.98. The molecule has 0 saturated carbocycles. The van der Waals surface area contributed by atoms with Crippen molar-refractivity contribution in [2.75, 3.05) is 12.4 Å². The number of aryl methyl sites for hydroxylation is 1. The molecule has 5 heteroatoms. The van der Waals surface area contributed by atoms with Crippen molar-refractivity contribution in [3.8, 4) is 11.8 Å². The van der Waals surface area contributed by atoms with Gasteiger partial charge in [0.2, 0.25) is 0 Å². The average Bonchev–Trinajstić information content (AvgIpc) is 2.97. The van der Waals surface area contributed by atoms with Crippen LogP contribution in [0.2, 0.25) is 0 Å². The van der Waals surface area contributed by atoms with Crippen LogP contribution < -0.4 is 10.1 Å². The number of carbonyl (C=O) groups is 1. The van der Waals surface area contributed by atoms with Crippen molar-refractivity contribution in [1.82, 2.24) is 0 Å². The van der Waals surface area contributed by atoms with Gasteiger partial charge in [-0.2, -0.15) is 5.26 Å². The van der Waals surface area contributed by atoms with Gasteiger partial charge in [-0.15, -0.1) is 0 Å². The van der Waals surface area contributed by atoms with Gasteiger partial charge in [-0.1, -0.05) is 0 Å². The van der Waals surface area contributed by atoms with Crippen LogP contribution in [0.25, 0.3) is 11.0 Å². The third-order valence-corrected chi connectivity index (χ3v) is 4.49. The Labute approximate surface area is 152 Å². The van der Waals surface area contributed by atoms with Crippen LogP contribution in [0.5, 0.6) is 5.75 Å². The molecule has 0 amide bonds. The number of rotatable bonds is 5. The molecule has 26 heavy (non-hydrogen) atoms. The number of fused-ring (bicyclic) bond motifs is 1. The first-order valence-corrected chi connectivity index (χ1v) is 8.33. The van der Waals surface area contributed by atoms with Crippen molar-refractivity contribution in [2.24, 2.45) is 0 Å². The van der Waals surface area contributed by atoms with Crippen molar-refractivity contribution >= 4 is 22.4 Å². The van der Waals surface area contributed by atoms with Crippen molar-refractivity contribution in [3.63, 3.8) is 0 Å². The average molecular weight is 348 g/mol. The van der Waals surface area contributed by atoms with Crippen molar-refractivity contribution in [2.45, 2.75) is 26.8 Å². The van der Waals surface area contributed by atoms with Crippen LogP contribution >= 0.6 is 0 Å². The van der Waals surface area contributed by atoms with Gasteiger partial charge in [-0.3, -0.25) is 4.79 Å². The normalized spacial score (nSPS) is 11.8. The molecule has 1 heterocycles. The summed E-state index contributed by atoms with van der Waals surface area (Å²) >= 11 is 0. The van der Waals surface area contributed by atoms with E-state index in [9.17, 15) is 10.1 Å². The fraction of sp³-hybridized carbons (Fsp3) is 0.238.